The summed E-state index contributed by atoms with van der Waals surface area (Å²) < 4.78 is 47.5. The molecule has 0 bridgehead atoms. The predicted octanol–water partition coefficient (Wildman–Crippen LogP) is 2.48. The molecular weight excluding hydrogens is 272 g/mol. The Morgan fingerprint density at radius 3 is 1.94 bits per heavy atom. The molecule has 1 atom stereocenters. The third kappa shape index (κ3) is 3.62. The predicted molar refractivity (Wildman–Crippen MR) is 61.9 cm³/mol. The summed E-state index contributed by atoms with van der Waals surface area (Å²) >= 11 is 0. The lowest BCUT2D eigenvalue weighted by atomic mass is 10.1. The van der Waals surface area contributed by atoms with E-state index < -0.39 is 21.5 Å². The quantitative estimate of drug-likeness (QED) is 0.797. The van der Waals surface area contributed by atoms with Crippen LogP contribution in [0, 0.1) is 0 Å². The van der Waals surface area contributed by atoms with Gasteiger partial charge < -0.3 is 0 Å². The SMILES string of the molecule is CN(C)C(c1ccc(S(=O)(=O)Cl)cc1)C(F)F. The minimum Gasteiger partial charge on any atom is -0.298 e. The molecule has 1 aromatic rings. The van der Waals surface area contributed by atoms with Crippen LogP contribution in [0.4, 0.5) is 8.78 Å². The van der Waals surface area contributed by atoms with E-state index in [0.29, 0.717) is 5.56 Å². The maximum Gasteiger partial charge on any atom is 0.261 e. The Morgan fingerprint density at radius 2 is 1.65 bits per heavy atom. The molecule has 0 amide bonds. The van der Waals surface area contributed by atoms with Gasteiger partial charge in [-0.2, -0.15) is 0 Å². The minimum absolute atomic E-state index is 0.102. The molecule has 0 saturated carbocycles. The molecule has 0 aliphatic rings. The van der Waals surface area contributed by atoms with Gasteiger partial charge in [-0.25, -0.2) is 17.2 Å². The van der Waals surface area contributed by atoms with Crippen LogP contribution in [-0.4, -0.2) is 33.8 Å². The number of benzene rings is 1. The Morgan fingerprint density at radius 1 is 1.18 bits per heavy atom. The van der Waals surface area contributed by atoms with Crippen LogP contribution < -0.4 is 0 Å². The van der Waals surface area contributed by atoms with Gasteiger partial charge in [0.05, 0.1) is 10.9 Å². The molecule has 1 rings (SSSR count). The van der Waals surface area contributed by atoms with E-state index in [4.69, 9.17) is 10.7 Å². The van der Waals surface area contributed by atoms with Crippen molar-refractivity contribution in [3.05, 3.63) is 29.8 Å². The first kappa shape index (κ1) is 14.3. The molecule has 0 fully saturated rings. The van der Waals surface area contributed by atoms with Gasteiger partial charge in [0.1, 0.15) is 0 Å². The number of nitrogens with zero attached hydrogens (tertiary/aromatic N) is 1. The summed E-state index contributed by atoms with van der Waals surface area (Å²) in [6.45, 7) is 0. The van der Waals surface area contributed by atoms with Crippen molar-refractivity contribution in [3.63, 3.8) is 0 Å². The molecular formula is C10H12ClF2NO2S. The van der Waals surface area contributed by atoms with Gasteiger partial charge in [0.2, 0.25) is 0 Å². The molecule has 0 saturated heterocycles. The molecule has 1 unspecified atom stereocenters. The summed E-state index contributed by atoms with van der Waals surface area (Å²) in [6.07, 6.45) is -2.55. The fourth-order valence-corrected chi connectivity index (χ4v) is 2.27. The first-order valence-electron chi connectivity index (χ1n) is 4.72. The largest absolute Gasteiger partial charge is 0.298 e. The van der Waals surface area contributed by atoms with Crippen molar-refractivity contribution >= 4 is 19.7 Å². The molecule has 0 aromatic heterocycles. The van der Waals surface area contributed by atoms with Crippen LogP contribution in [0.3, 0.4) is 0 Å². The van der Waals surface area contributed by atoms with Gasteiger partial charge in [0.25, 0.3) is 15.5 Å². The number of rotatable bonds is 4. The monoisotopic (exact) mass is 283 g/mol. The first-order chi connectivity index (χ1) is 7.73. The van der Waals surface area contributed by atoms with Crippen LogP contribution in [0.1, 0.15) is 11.6 Å². The molecule has 0 N–H and O–H groups in total. The molecule has 17 heavy (non-hydrogen) atoms. The average Bonchev–Trinajstić information content (AvgIpc) is 2.15. The van der Waals surface area contributed by atoms with Crippen LogP contribution in [-0.2, 0) is 9.05 Å². The zero-order valence-corrected chi connectivity index (χ0v) is 10.8. The molecule has 3 nitrogen and oxygen atoms in total. The molecule has 0 radical (unpaired) electrons. The van der Waals surface area contributed by atoms with Crippen LogP contribution in [0.2, 0.25) is 0 Å². The first-order valence-corrected chi connectivity index (χ1v) is 7.03. The number of hydrogen-bond donors (Lipinski definition) is 0. The highest BCUT2D eigenvalue weighted by molar-refractivity contribution is 8.13. The second kappa shape index (κ2) is 5.29. The Bertz CT molecular complexity index is 466. The maximum atomic E-state index is 12.8. The lowest BCUT2D eigenvalue weighted by Crippen LogP contribution is -2.26. The van der Waals surface area contributed by atoms with Gasteiger partial charge in [-0.3, -0.25) is 4.90 Å². The molecule has 0 spiro atoms. The van der Waals surface area contributed by atoms with Crippen molar-refractivity contribution in [2.24, 2.45) is 0 Å². The molecule has 0 aliphatic carbocycles. The molecule has 7 heteroatoms. The Labute approximate surface area is 103 Å². The van der Waals surface area contributed by atoms with Crippen molar-refractivity contribution in [2.45, 2.75) is 17.4 Å². The van der Waals surface area contributed by atoms with Crippen LogP contribution in [0.15, 0.2) is 29.2 Å². The number of hydrogen-bond acceptors (Lipinski definition) is 3. The van der Waals surface area contributed by atoms with E-state index in [2.05, 4.69) is 0 Å². The standard InChI is InChI=1S/C10H12ClF2NO2S/c1-14(2)9(10(12)13)7-3-5-8(6-4-7)17(11,15)16/h3-6,9-10H,1-2H3. The molecule has 1 aromatic carbocycles. The van der Waals surface area contributed by atoms with Gasteiger partial charge in [-0.1, -0.05) is 12.1 Å². The lowest BCUT2D eigenvalue weighted by molar-refractivity contribution is 0.0488. The second-order valence-electron chi connectivity index (χ2n) is 3.75. The zero-order chi connectivity index (χ0) is 13.2. The summed E-state index contributed by atoms with van der Waals surface area (Å²) in [5.41, 5.74) is 0.342. The van der Waals surface area contributed by atoms with Gasteiger partial charge >= 0.3 is 0 Å². The van der Waals surface area contributed by atoms with E-state index in [1.165, 1.54) is 43.3 Å². The Hall–Kier alpha value is -0.720. The van der Waals surface area contributed by atoms with Crippen LogP contribution in [0.5, 0.6) is 0 Å². The van der Waals surface area contributed by atoms with Gasteiger partial charge in [0.15, 0.2) is 0 Å². The summed E-state index contributed by atoms with van der Waals surface area (Å²) in [6, 6.07) is 4.05. The summed E-state index contributed by atoms with van der Waals surface area (Å²) in [4.78, 5) is 1.27. The topological polar surface area (TPSA) is 37.4 Å². The number of alkyl halides is 2. The van der Waals surface area contributed by atoms with E-state index in [9.17, 15) is 17.2 Å². The fraction of sp³-hybridized carbons (Fsp3) is 0.400. The highest BCUT2D eigenvalue weighted by atomic mass is 35.7. The third-order valence-electron chi connectivity index (χ3n) is 2.30. The molecule has 0 heterocycles. The normalized spacial score (nSPS) is 14.3. The van der Waals surface area contributed by atoms with Crippen molar-refractivity contribution in [2.75, 3.05) is 14.1 Å². The molecule has 0 aliphatic heterocycles. The zero-order valence-electron chi connectivity index (χ0n) is 9.27. The van der Waals surface area contributed by atoms with Crippen molar-refractivity contribution in [1.82, 2.24) is 4.90 Å². The summed E-state index contributed by atoms with van der Waals surface area (Å²) in [5.74, 6) is 0. The summed E-state index contributed by atoms with van der Waals surface area (Å²) in [5, 5.41) is 0. The van der Waals surface area contributed by atoms with E-state index >= 15 is 0 Å². The third-order valence-corrected chi connectivity index (χ3v) is 3.67. The van der Waals surface area contributed by atoms with Gasteiger partial charge in [0, 0.05) is 10.7 Å². The summed E-state index contributed by atoms with van der Waals surface area (Å²) in [7, 11) is 4.38. The van der Waals surface area contributed by atoms with Crippen molar-refractivity contribution in [3.8, 4) is 0 Å². The minimum atomic E-state index is -3.81. The average molecular weight is 284 g/mol. The number of halogens is 3. The van der Waals surface area contributed by atoms with Gasteiger partial charge in [-0.05, 0) is 31.8 Å². The second-order valence-corrected chi connectivity index (χ2v) is 6.32. The van der Waals surface area contributed by atoms with Crippen molar-refractivity contribution in [1.29, 1.82) is 0 Å². The van der Waals surface area contributed by atoms with Crippen LogP contribution >= 0.6 is 10.7 Å². The molecule has 96 valence electrons. The van der Waals surface area contributed by atoms with E-state index in [1.54, 1.807) is 0 Å². The highest BCUT2D eigenvalue weighted by Crippen LogP contribution is 2.26. The van der Waals surface area contributed by atoms with Crippen molar-refractivity contribution < 1.29 is 17.2 Å². The smallest absolute Gasteiger partial charge is 0.261 e. The fourth-order valence-electron chi connectivity index (χ4n) is 1.50. The van der Waals surface area contributed by atoms with Gasteiger partial charge in [-0.15, -0.1) is 0 Å². The van der Waals surface area contributed by atoms with E-state index in [-0.39, 0.29) is 4.90 Å². The Balaban J connectivity index is 3.09. The van der Waals surface area contributed by atoms with E-state index in [1.807, 2.05) is 0 Å². The van der Waals surface area contributed by atoms with Crippen LogP contribution in [0.25, 0.3) is 0 Å². The lowest BCUT2D eigenvalue weighted by Gasteiger charge is -2.23. The maximum absolute atomic E-state index is 12.8. The van der Waals surface area contributed by atoms with E-state index in [0.717, 1.165) is 0 Å². The Kier molecular flexibility index (Phi) is 4.46. The highest BCUT2D eigenvalue weighted by Gasteiger charge is 2.24.